The van der Waals surface area contributed by atoms with Gasteiger partial charge in [0.15, 0.2) is 5.65 Å². The number of benzene rings is 1. The molecule has 1 aliphatic heterocycles. The van der Waals surface area contributed by atoms with Crippen LogP contribution in [0.4, 0.5) is 5.82 Å². The average Bonchev–Trinajstić information content (AvgIpc) is 3.19. The van der Waals surface area contributed by atoms with Gasteiger partial charge in [0.25, 0.3) is 0 Å². The highest BCUT2D eigenvalue weighted by molar-refractivity contribution is 5.89. The highest BCUT2D eigenvalue weighted by Crippen LogP contribution is 2.27. The van der Waals surface area contributed by atoms with E-state index >= 15 is 0 Å². The number of nitrogens with one attached hydrogen (secondary N) is 2. The van der Waals surface area contributed by atoms with E-state index in [9.17, 15) is 0 Å². The number of aromatic nitrogens is 4. The van der Waals surface area contributed by atoms with Gasteiger partial charge in [0.2, 0.25) is 0 Å². The van der Waals surface area contributed by atoms with E-state index in [4.69, 9.17) is 4.98 Å². The third-order valence-electron chi connectivity index (χ3n) is 5.38. The Morgan fingerprint density at radius 1 is 1.07 bits per heavy atom. The number of piperazine rings is 1. The molecule has 2 N–H and O–H groups in total. The van der Waals surface area contributed by atoms with Crippen molar-refractivity contribution >= 4 is 16.9 Å². The van der Waals surface area contributed by atoms with E-state index in [0.717, 1.165) is 42.2 Å². The molecule has 1 unspecified atom stereocenters. The zero-order valence-corrected chi connectivity index (χ0v) is 15.8. The first kappa shape index (κ1) is 16.9. The van der Waals surface area contributed by atoms with E-state index in [-0.39, 0.29) is 1.43 Å². The van der Waals surface area contributed by atoms with Gasteiger partial charge in [0.05, 0.1) is 17.4 Å². The Morgan fingerprint density at radius 2 is 2.00 bits per heavy atom. The molecule has 1 saturated heterocycles. The van der Waals surface area contributed by atoms with Gasteiger partial charge in [-0.05, 0) is 42.3 Å². The number of fused-ring (bicyclic) bond motifs is 1. The molecule has 3 aromatic heterocycles. The standard InChI is InChI=1S/C22H22N6.H2/c1-15-6-2-3-7-16(15)19-14-28(13-12-23-19)20-10-4-9-18(25-20)21-17-8-5-11-24-22(17)27-26-21;/h2-11,19,23H,12-14H2,1H3,(H,24,26,27);1H. The van der Waals surface area contributed by atoms with Gasteiger partial charge in [0, 0.05) is 32.6 Å². The lowest BCUT2D eigenvalue weighted by Gasteiger charge is -2.35. The van der Waals surface area contributed by atoms with E-state index in [2.05, 4.69) is 68.7 Å². The molecule has 1 fully saturated rings. The minimum atomic E-state index is 0. The average molecular weight is 372 g/mol. The van der Waals surface area contributed by atoms with Crippen LogP contribution in [0, 0.1) is 6.92 Å². The molecule has 1 aliphatic rings. The quantitative estimate of drug-likeness (QED) is 0.573. The summed E-state index contributed by atoms with van der Waals surface area (Å²) in [5.74, 6) is 0.990. The van der Waals surface area contributed by atoms with Crippen molar-refractivity contribution in [3.8, 4) is 11.4 Å². The maximum atomic E-state index is 4.94. The Labute approximate surface area is 165 Å². The van der Waals surface area contributed by atoms with Crippen LogP contribution in [-0.4, -0.2) is 39.8 Å². The van der Waals surface area contributed by atoms with Gasteiger partial charge < -0.3 is 10.2 Å². The van der Waals surface area contributed by atoms with E-state index in [1.54, 1.807) is 6.20 Å². The minimum Gasteiger partial charge on any atom is -0.353 e. The van der Waals surface area contributed by atoms with Gasteiger partial charge in [-0.15, -0.1) is 0 Å². The van der Waals surface area contributed by atoms with Crippen LogP contribution in [0.2, 0.25) is 0 Å². The molecule has 6 nitrogen and oxygen atoms in total. The molecule has 0 amide bonds. The molecule has 28 heavy (non-hydrogen) atoms. The maximum Gasteiger partial charge on any atom is 0.181 e. The van der Waals surface area contributed by atoms with Crippen LogP contribution in [0.1, 0.15) is 18.6 Å². The second kappa shape index (κ2) is 7.05. The number of rotatable bonds is 3. The Balaban J connectivity index is 0.00000205. The van der Waals surface area contributed by atoms with Crippen molar-refractivity contribution < 1.29 is 1.43 Å². The first-order valence-electron chi connectivity index (χ1n) is 9.60. The predicted octanol–water partition coefficient (Wildman–Crippen LogP) is 3.73. The van der Waals surface area contributed by atoms with Crippen molar-refractivity contribution in [2.75, 3.05) is 24.5 Å². The second-order valence-electron chi connectivity index (χ2n) is 7.16. The van der Waals surface area contributed by atoms with Gasteiger partial charge in [-0.1, -0.05) is 30.3 Å². The zero-order valence-electron chi connectivity index (χ0n) is 15.8. The molecule has 0 bridgehead atoms. The van der Waals surface area contributed by atoms with Crippen molar-refractivity contribution in [2.24, 2.45) is 0 Å². The smallest absolute Gasteiger partial charge is 0.181 e. The highest BCUT2D eigenvalue weighted by atomic mass is 15.2. The monoisotopic (exact) mass is 372 g/mol. The largest absolute Gasteiger partial charge is 0.353 e. The molecule has 4 aromatic rings. The second-order valence-corrected chi connectivity index (χ2v) is 7.16. The lowest BCUT2D eigenvalue weighted by atomic mass is 9.99. The fourth-order valence-electron chi connectivity index (χ4n) is 3.93. The van der Waals surface area contributed by atoms with Crippen molar-refractivity contribution in [1.29, 1.82) is 0 Å². The maximum absolute atomic E-state index is 4.94. The molecule has 5 rings (SSSR count). The predicted molar refractivity (Wildman–Crippen MR) is 113 cm³/mol. The van der Waals surface area contributed by atoms with Crippen LogP contribution in [-0.2, 0) is 0 Å². The van der Waals surface area contributed by atoms with Crippen LogP contribution in [0.25, 0.3) is 22.4 Å². The molecule has 0 saturated carbocycles. The molecule has 1 atom stereocenters. The molecule has 142 valence electrons. The van der Waals surface area contributed by atoms with Crippen LogP contribution in [0.3, 0.4) is 0 Å². The summed E-state index contributed by atoms with van der Waals surface area (Å²) in [5, 5.41) is 12.0. The number of aromatic amines is 1. The van der Waals surface area contributed by atoms with Crippen LogP contribution in [0.15, 0.2) is 60.8 Å². The molecule has 1 aromatic carbocycles. The van der Waals surface area contributed by atoms with Crippen molar-refractivity contribution in [3.05, 3.63) is 71.9 Å². The normalized spacial score (nSPS) is 17.2. The molecule has 0 aliphatic carbocycles. The summed E-state index contributed by atoms with van der Waals surface area (Å²) < 4.78 is 0. The van der Waals surface area contributed by atoms with E-state index < -0.39 is 0 Å². The van der Waals surface area contributed by atoms with Gasteiger partial charge in [-0.25, -0.2) is 9.97 Å². The number of nitrogens with zero attached hydrogens (tertiary/aromatic N) is 4. The van der Waals surface area contributed by atoms with Crippen LogP contribution < -0.4 is 10.2 Å². The summed E-state index contributed by atoms with van der Waals surface area (Å²) >= 11 is 0. The van der Waals surface area contributed by atoms with Gasteiger partial charge in [0.1, 0.15) is 5.82 Å². The molecule has 6 heteroatoms. The molecule has 4 heterocycles. The zero-order chi connectivity index (χ0) is 18.9. The summed E-state index contributed by atoms with van der Waals surface area (Å²) in [6.07, 6.45) is 1.75. The minimum absolute atomic E-state index is 0. The Morgan fingerprint density at radius 3 is 2.93 bits per heavy atom. The van der Waals surface area contributed by atoms with Gasteiger partial charge in [-0.2, -0.15) is 5.10 Å². The lowest BCUT2D eigenvalue weighted by molar-refractivity contribution is 0.468. The molecule has 0 radical (unpaired) electrons. The summed E-state index contributed by atoms with van der Waals surface area (Å²) in [5.41, 5.74) is 5.19. The van der Waals surface area contributed by atoms with E-state index in [1.807, 2.05) is 18.2 Å². The van der Waals surface area contributed by atoms with Crippen LogP contribution in [0.5, 0.6) is 0 Å². The van der Waals surface area contributed by atoms with E-state index in [0.29, 0.717) is 11.7 Å². The van der Waals surface area contributed by atoms with Crippen molar-refractivity contribution in [3.63, 3.8) is 0 Å². The van der Waals surface area contributed by atoms with E-state index in [1.165, 1.54) is 11.1 Å². The topological polar surface area (TPSA) is 69.7 Å². The molecular formula is C22H24N6. The first-order valence-corrected chi connectivity index (χ1v) is 9.60. The number of pyridine rings is 2. The number of anilines is 1. The number of hydrogen-bond donors (Lipinski definition) is 2. The third-order valence-corrected chi connectivity index (χ3v) is 5.38. The highest BCUT2D eigenvalue weighted by Gasteiger charge is 2.23. The fraction of sp³-hybridized carbons (Fsp3) is 0.227. The fourth-order valence-corrected chi connectivity index (χ4v) is 3.93. The van der Waals surface area contributed by atoms with Crippen molar-refractivity contribution in [2.45, 2.75) is 13.0 Å². The SMILES string of the molecule is Cc1ccccc1C1CN(c2cccc(-c3[nH]nc4ncccc34)n2)CCN1.[HH]. The van der Waals surface area contributed by atoms with Crippen LogP contribution >= 0.6 is 0 Å². The number of H-pyrrole nitrogens is 1. The van der Waals surface area contributed by atoms with Gasteiger partial charge in [-0.3, -0.25) is 5.10 Å². The number of hydrogen-bond acceptors (Lipinski definition) is 5. The Bertz CT molecular complexity index is 1120. The van der Waals surface area contributed by atoms with Gasteiger partial charge >= 0.3 is 0 Å². The summed E-state index contributed by atoms with van der Waals surface area (Å²) in [6, 6.07) is 19.0. The summed E-state index contributed by atoms with van der Waals surface area (Å²) in [7, 11) is 0. The lowest BCUT2D eigenvalue weighted by Crippen LogP contribution is -2.46. The van der Waals surface area contributed by atoms with Crippen molar-refractivity contribution in [1.82, 2.24) is 25.5 Å². The summed E-state index contributed by atoms with van der Waals surface area (Å²) in [6.45, 7) is 4.94. The number of aryl methyl sites for hydroxylation is 1. The first-order chi connectivity index (χ1) is 13.8. The Hall–Kier alpha value is -3.25. The molecule has 0 spiro atoms. The summed E-state index contributed by atoms with van der Waals surface area (Å²) in [4.78, 5) is 11.6. The third kappa shape index (κ3) is 3.01. The molecular weight excluding hydrogens is 348 g/mol. The Kier molecular flexibility index (Phi) is 4.25.